The summed E-state index contributed by atoms with van der Waals surface area (Å²) in [7, 11) is 0. The van der Waals surface area contributed by atoms with Gasteiger partial charge in [0.1, 0.15) is 5.82 Å². The van der Waals surface area contributed by atoms with E-state index >= 15 is 0 Å². The van der Waals surface area contributed by atoms with Crippen LogP contribution in [0.2, 0.25) is 0 Å². The maximum absolute atomic E-state index is 12.9. The monoisotopic (exact) mass is 416 g/mol. The van der Waals surface area contributed by atoms with Crippen LogP contribution in [0.25, 0.3) is 22.6 Å². The number of ether oxygens (including phenoxy) is 1. The number of aliphatic hydroxyl groups excluding tert-OH is 1. The Morgan fingerprint density at radius 1 is 1.10 bits per heavy atom. The lowest BCUT2D eigenvalue weighted by molar-refractivity contribution is -0.137. The number of benzene rings is 1. The molecule has 0 radical (unpaired) electrons. The van der Waals surface area contributed by atoms with Gasteiger partial charge in [-0.2, -0.15) is 13.2 Å². The molecule has 156 valence electrons. The zero-order valence-electron chi connectivity index (χ0n) is 15.9. The number of hydrogen-bond donors (Lipinski definition) is 1. The molecule has 3 heterocycles. The molecule has 6 nitrogen and oxygen atoms in total. The van der Waals surface area contributed by atoms with E-state index in [0.29, 0.717) is 48.2 Å². The summed E-state index contributed by atoms with van der Waals surface area (Å²) >= 11 is 0. The largest absolute Gasteiger partial charge is 0.416 e. The minimum absolute atomic E-state index is 0.108. The maximum atomic E-state index is 12.9. The topological polar surface area (TPSA) is 71.4 Å². The van der Waals surface area contributed by atoms with Crippen molar-refractivity contribution in [3.8, 4) is 22.6 Å². The molecule has 0 bridgehead atoms. The molecular formula is C21H19F3N4O2. The lowest BCUT2D eigenvalue weighted by Crippen LogP contribution is -2.44. The highest BCUT2D eigenvalue weighted by atomic mass is 19.4. The molecule has 0 saturated carbocycles. The van der Waals surface area contributed by atoms with Crippen LogP contribution in [0.4, 0.5) is 19.0 Å². The molecule has 1 aromatic carbocycles. The van der Waals surface area contributed by atoms with E-state index in [1.807, 2.05) is 11.0 Å². The third-order valence-corrected chi connectivity index (χ3v) is 4.81. The first-order chi connectivity index (χ1) is 14.4. The van der Waals surface area contributed by atoms with Crippen molar-refractivity contribution < 1.29 is 23.0 Å². The standard InChI is InChI=1S/C21H19F3N4O2/c22-21(23,24)16-5-3-14(4-6-16)18-10-19(28-8-9-30-17(12-28)13-29)27-20(26-18)15-2-1-7-25-11-15/h1-7,10-11,17,29H,8-9,12-13H2/t17-/m1/s1. The summed E-state index contributed by atoms with van der Waals surface area (Å²) in [4.78, 5) is 15.3. The number of pyridine rings is 1. The van der Waals surface area contributed by atoms with Gasteiger partial charge in [0.15, 0.2) is 5.82 Å². The van der Waals surface area contributed by atoms with Gasteiger partial charge in [0.2, 0.25) is 0 Å². The molecule has 1 fully saturated rings. The Kier molecular flexibility index (Phi) is 5.65. The Morgan fingerprint density at radius 3 is 2.57 bits per heavy atom. The Balaban J connectivity index is 1.76. The number of halogens is 3. The maximum Gasteiger partial charge on any atom is 0.416 e. The quantitative estimate of drug-likeness (QED) is 0.703. The third-order valence-electron chi connectivity index (χ3n) is 4.81. The molecule has 0 amide bonds. The fraction of sp³-hybridized carbons (Fsp3) is 0.286. The molecule has 9 heteroatoms. The highest BCUT2D eigenvalue weighted by Gasteiger charge is 2.30. The summed E-state index contributed by atoms with van der Waals surface area (Å²) in [6.07, 6.45) is -1.46. The van der Waals surface area contributed by atoms with Crippen LogP contribution in [0.1, 0.15) is 5.56 Å². The molecule has 2 aromatic heterocycles. The predicted molar refractivity (Wildman–Crippen MR) is 105 cm³/mol. The molecule has 0 unspecified atom stereocenters. The van der Waals surface area contributed by atoms with Gasteiger partial charge in [-0.1, -0.05) is 12.1 Å². The second-order valence-corrected chi connectivity index (χ2v) is 6.87. The van der Waals surface area contributed by atoms with Gasteiger partial charge < -0.3 is 14.7 Å². The molecular weight excluding hydrogens is 397 g/mol. The molecule has 1 aliphatic heterocycles. The summed E-state index contributed by atoms with van der Waals surface area (Å²) in [5.41, 5.74) is 1.02. The van der Waals surface area contributed by atoms with Crippen molar-refractivity contribution >= 4 is 5.82 Å². The number of hydrogen-bond acceptors (Lipinski definition) is 6. The molecule has 4 rings (SSSR count). The van der Waals surface area contributed by atoms with Gasteiger partial charge in [0.25, 0.3) is 0 Å². The molecule has 1 aliphatic rings. The van der Waals surface area contributed by atoms with E-state index in [1.54, 1.807) is 24.5 Å². The van der Waals surface area contributed by atoms with Gasteiger partial charge in [-0.25, -0.2) is 9.97 Å². The number of alkyl halides is 3. The molecule has 1 saturated heterocycles. The lowest BCUT2D eigenvalue weighted by Gasteiger charge is -2.33. The number of aromatic nitrogens is 3. The van der Waals surface area contributed by atoms with Crippen molar-refractivity contribution in [3.05, 3.63) is 60.4 Å². The SMILES string of the molecule is OC[C@H]1CN(c2cc(-c3ccc(C(F)(F)F)cc3)nc(-c3cccnc3)n2)CCO1. The number of anilines is 1. The first-order valence-corrected chi connectivity index (χ1v) is 9.38. The van der Waals surface area contributed by atoms with Crippen molar-refractivity contribution in [2.45, 2.75) is 12.3 Å². The minimum Gasteiger partial charge on any atom is -0.394 e. The molecule has 0 aliphatic carbocycles. The fourth-order valence-electron chi connectivity index (χ4n) is 3.24. The highest BCUT2D eigenvalue weighted by molar-refractivity contribution is 5.68. The van der Waals surface area contributed by atoms with Crippen molar-refractivity contribution in [1.82, 2.24) is 15.0 Å². The second kappa shape index (κ2) is 8.37. The van der Waals surface area contributed by atoms with Crippen LogP contribution in [0.5, 0.6) is 0 Å². The molecule has 0 spiro atoms. The van der Waals surface area contributed by atoms with Crippen LogP contribution in [0, 0.1) is 0 Å². The molecule has 3 aromatic rings. The van der Waals surface area contributed by atoms with E-state index in [4.69, 9.17) is 4.74 Å². The minimum atomic E-state index is -4.40. The first kappa shape index (κ1) is 20.2. The third kappa shape index (κ3) is 4.42. The van der Waals surface area contributed by atoms with Crippen molar-refractivity contribution in [2.75, 3.05) is 31.2 Å². The average molecular weight is 416 g/mol. The van der Waals surface area contributed by atoms with E-state index in [2.05, 4.69) is 15.0 Å². The van der Waals surface area contributed by atoms with Crippen molar-refractivity contribution in [3.63, 3.8) is 0 Å². The number of morpholine rings is 1. The zero-order chi connectivity index (χ0) is 21.1. The lowest BCUT2D eigenvalue weighted by atomic mass is 10.1. The van der Waals surface area contributed by atoms with E-state index in [-0.39, 0.29) is 12.7 Å². The fourth-order valence-corrected chi connectivity index (χ4v) is 3.24. The average Bonchev–Trinajstić information content (AvgIpc) is 2.79. The van der Waals surface area contributed by atoms with Gasteiger partial charge in [-0.05, 0) is 24.3 Å². The summed E-state index contributed by atoms with van der Waals surface area (Å²) in [6.45, 7) is 1.36. The van der Waals surface area contributed by atoms with Crippen LogP contribution in [-0.4, -0.2) is 52.5 Å². The van der Waals surface area contributed by atoms with Crippen LogP contribution in [-0.2, 0) is 10.9 Å². The van der Waals surface area contributed by atoms with Gasteiger partial charge in [-0.15, -0.1) is 0 Å². The predicted octanol–water partition coefficient (Wildman–Crippen LogP) is 3.42. The molecule has 30 heavy (non-hydrogen) atoms. The normalized spacial score (nSPS) is 17.2. The van der Waals surface area contributed by atoms with E-state index in [1.165, 1.54) is 12.1 Å². The summed E-state index contributed by atoms with van der Waals surface area (Å²) in [6, 6.07) is 10.2. The van der Waals surface area contributed by atoms with Gasteiger partial charge in [0, 0.05) is 42.7 Å². The van der Waals surface area contributed by atoms with Crippen molar-refractivity contribution in [2.24, 2.45) is 0 Å². The van der Waals surface area contributed by atoms with Crippen molar-refractivity contribution in [1.29, 1.82) is 0 Å². The van der Waals surface area contributed by atoms with E-state index < -0.39 is 11.7 Å². The van der Waals surface area contributed by atoms with Crippen LogP contribution in [0.15, 0.2) is 54.9 Å². The van der Waals surface area contributed by atoms with Crippen LogP contribution in [0.3, 0.4) is 0 Å². The van der Waals surface area contributed by atoms with Crippen LogP contribution < -0.4 is 4.90 Å². The highest BCUT2D eigenvalue weighted by Crippen LogP contribution is 2.32. The smallest absolute Gasteiger partial charge is 0.394 e. The number of aliphatic hydroxyl groups is 1. The molecule has 1 N–H and O–H groups in total. The first-order valence-electron chi connectivity index (χ1n) is 9.38. The van der Waals surface area contributed by atoms with Gasteiger partial charge >= 0.3 is 6.18 Å². The summed E-state index contributed by atoms with van der Waals surface area (Å²) in [5.74, 6) is 1.03. The van der Waals surface area contributed by atoms with Gasteiger partial charge in [-0.3, -0.25) is 4.98 Å². The zero-order valence-corrected chi connectivity index (χ0v) is 15.9. The number of rotatable bonds is 4. The Labute approximate surface area is 171 Å². The Morgan fingerprint density at radius 2 is 1.90 bits per heavy atom. The van der Waals surface area contributed by atoms with Crippen LogP contribution >= 0.6 is 0 Å². The summed E-state index contributed by atoms with van der Waals surface area (Å²) < 4.78 is 44.2. The summed E-state index contributed by atoms with van der Waals surface area (Å²) in [5, 5.41) is 9.43. The van der Waals surface area contributed by atoms with E-state index in [0.717, 1.165) is 12.1 Å². The van der Waals surface area contributed by atoms with E-state index in [9.17, 15) is 18.3 Å². The Bertz CT molecular complexity index is 997. The molecule has 1 atom stereocenters. The number of nitrogens with zero attached hydrogens (tertiary/aromatic N) is 4. The van der Waals surface area contributed by atoms with Gasteiger partial charge in [0.05, 0.1) is 30.6 Å². The Hall–Kier alpha value is -3.04. The second-order valence-electron chi connectivity index (χ2n) is 6.87.